The van der Waals surface area contributed by atoms with Crippen LogP contribution in [-0.2, 0) is 4.79 Å². The summed E-state index contributed by atoms with van der Waals surface area (Å²) in [6.07, 6.45) is 1.80. The number of fused-ring (bicyclic) bond motifs is 1. The molecule has 0 aromatic heterocycles. The molecule has 2 aromatic rings. The first kappa shape index (κ1) is 13.5. The Hall–Kier alpha value is -2.48. The molecule has 0 fully saturated rings. The van der Waals surface area contributed by atoms with Gasteiger partial charge in [0, 0.05) is 11.1 Å². The summed E-state index contributed by atoms with van der Waals surface area (Å²) in [6, 6.07) is 15.3. The predicted molar refractivity (Wildman–Crippen MR) is 84.2 cm³/mol. The van der Waals surface area contributed by atoms with Crippen molar-refractivity contribution >= 4 is 23.2 Å². The molecule has 0 saturated heterocycles. The molecule has 0 bridgehead atoms. The van der Waals surface area contributed by atoms with E-state index in [9.17, 15) is 9.59 Å². The van der Waals surface area contributed by atoms with Crippen LogP contribution in [0.3, 0.4) is 0 Å². The van der Waals surface area contributed by atoms with Crippen molar-refractivity contribution in [3.05, 3.63) is 70.8 Å². The zero-order chi connectivity index (χ0) is 15.0. The minimum atomic E-state index is -0.413. The van der Waals surface area contributed by atoms with Crippen LogP contribution in [0.5, 0.6) is 0 Å². The first-order chi connectivity index (χ1) is 10.1. The molecule has 0 amide bonds. The van der Waals surface area contributed by atoms with Crippen molar-refractivity contribution in [2.45, 2.75) is 19.8 Å². The largest absolute Gasteiger partial charge is 0.285 e. The van der Waals surface area contributed by atoms with E-state index in [1.807, 2.05) is 24.3 Å². The summed E-state index contributed by atoms with van der Waals surface area (Å²) in [4.78, 5) is 24.1. The maximum Gasteiger partial charge on any atom is 0.234 e. The van der Waals surface area contributed by atoms with Crippen molar-refractivity contribution in [1.29, 1.82) is 0 Å². The number of hydrogen-bond acceptors (Lipinski definition) is 2. The zero-order valence-electron chi connectivity index (χ0n) is 12.1. The molecule has 2 heteroatoms. The van der Waals surface area contributed by atoms with Gasteiger partial charge in [-0.25, -0.2) is 0 Å². The molecule has 0 spiro atoms. The molecule has 3 rings (SSSR count). The van der Waals surface area contributed by atoms with Crippen LogP contribution in [0.15, 0.2) is 48.5 Å². The van der Waals surface area contributed by atoms with Crippen LogP contribution in [0.1, 0.15) is 46.8 Å². The highest BCUT2D eigenvalue weighted by atomic mass is 16.2. The molecule has 0 saturated carbocycles. The monoisotopic (exact) mass is 276 g/mol. The number of Topliss-reactive ketones (excluding diaryl/α,β-unsaturated/α-hetero) is 2. The fourth-order valence-corrected chi connectivity index (χ4v) is 2.57. The second-order valence-electron chi connectivity index (χ2n) is 5.58. The van der Waals surface area contributed by atoms with Gasteiger partial charge in [0.1, 0.15) is 0 Å². The number of rotatable bonds is 2. The lowest BCUT2D eigenvalue weighted by Gasteiger charge is -2.05. The molecule has 0 unspecified atom stereocenters. The Bertz CT molecular complexity index is 749. The molecule has 0 atom stereocenters. The van der Waals surface area contributed by atoms with E-state index in [0.717, 1.165) is 11.1 Å². The van der Waals surface area contributed by atoms with Crippen molar-refractivity contribution in [3.8, 4) is 0 Å². The molecule has 0 radical (unpaired) electrons. The van der Waals surface area contributed by atoms with Crippen molar-refractivity contribution < 1.29 is 9.59 Å². The lowest BCUT2D eigenvalue weighted by Crippen LogP contribution is -2.05. The Labute approximate surface area is 124 Å². The van der Waals surface area contributed by atoms with Gasteiger partial charge in [0.25, 0.3) is 0 Å². The molecule has 1 aliphatic rings. The number of ketones is 2. The maximum absolute atomic E-state index is 12.1. The third kappa shape index (κ3) is 2.33. The molecule has 0 aliphatic heterocycles. The van der Waals surface area contributed by atoms with E-state index in [1.54, 1.807) is 18.2 Å². The van der Waals surface area contributed by atoms with Crippen molar-refractivity contribution in [2.24, 2.45) is 0 Å². The topological polar surface area (TPSA) is 34.1 Å². The quantitative estimate of drug-likeness (QED) is 0.611. The van der Waals surface area contributed by atoms with Crippen molar-refractivity contribution in [3.63, 3.8) is 0 Å². The van der Waals surface area contributed by atoms with Gasteiger partial charge in [-0.05, 0) is 28.7 Å². The maximum atomic E-state index is 12.1. The molecule has 0 N–H and O–H groups in total. The summed E-state index contributed by atoms with van der Waals surface area (Å²) in [5, 5.41) is 0. The number of hydrogen-bond donors (Lipinski definition) is 0. The minimum Gasteiger partial charge on any atom is -0.285 e. The van der Waals surface area contributed by atoms with Crippen LogP contribution >= 0.6 is 0 Å². The number of benzene rings is 2. The smallest absolute Gasteiger partial charge is 0.234 e. The molecule has 2 nitrogen and oxygen atoms in total. The van der Waals surface area contributed by atoms with Crippen molar-refractivity contribution in [2.75, 3.05) is 0 Å². The van der Waals surface area contributed by atoms with E-state index in [2.05, 4.69) is 26.0 Å². The van der Waals surface area contributed by atoms with Crippen molar-refractivity contribution in [1.82, 2.24) is 0 Å². The average Bonchev–Trinajstić information content (AvgIpc) is 2.73. The molecule has 104 valence electrons. The normalized spacial score (nSPS) is 15.9. The summed E-state index contributed by atoms with van der Waals surface area (Å²) in [7, 11) is 0. The summed E-state index contributed by atoms with van der Waals surface area (Å²) in [6.45, 7) is 4.28. The van der Waals surface area contributed by atoms with Gasteiger partial charge < -0.3 is 0 Å². The Morgan fingerprint density at radius 1 is 0.810 bits per heavy atom. The highest BCUT2D eigenvalue weighted by molar-refractivity contribution is 6.64. The second-order valence-corrected chi connectivity index (χ2v) is 5.58. The summed E-state index contributed by atoms with van der Waals surface area (Å²) in [5.74, 6) is -0.345. The highest BCUT2D eigenvalue weighted by Gasteiger charge is 2.32. The summed E-state index contributed by atoms with van der Waals surface area (Å²) in [5.41, 5.74) is 3.93. The first-order valence-electron chi connectivity index (χ1n) is 7.08. The van der Waals surface area contributed by atoms with Gasteiger partial charge in [0.15, 0.2) is 0 Å². The average molecular weight is 276 g/mol. The molecule has 0 heterocycles. The third-order valence-corrected chi connectivity index (χ3v) is 3.83. The first-order valence-corrected chi connectivity index (χ1v) is 7.08. The van der Waals surface area contributed by atoms with Gasteiger partial charge in [-0.1, -0.05) is 62.4 Å². The van der Waals surface area contributed by atoms with E-state index < -0.39 is 11.6 Å². The van der Waals surface area contributed by atoms with E-state index in [1.165, 1.54) is 5.56 Å². The Kier molecular flexibility index (Phi) is 3.30. The van der Waals surface area contributed by atoms with Crippen LogP contribution < -0.4 is 0 Å². The number of carbonyl (C=O) groups is 2. The van der Waals surface area contributed by atoms with E-state index >= 15 is 0 Å². The molecular formula is C19H16O2. The minimum absolute atomic E-state index is 0.407. The van der Waals surface area contributed by atoms with E-state index in [-0.39, 0.29) is 0 Å². The Balaban J connectivity index is 2.04. The second kappa shape index (κ2) is 5.13. The van der Waals surface area contributed by atoms with Gasteiger partial charge >= 0.3 is 0 Å². The van der Waals surface area contributed by atoms with E-state index in [0.29, 0.717) is 17.1 Å². The SMILES string of the molecule is CC(C)c1ccc(/C=C2/C(=O)C(=O)c3ccccc32)cc1. The van der Waals surface area contributed by atoms with Crippen LogP contribution in [0, 0.1) is 0 Å². The molecule has 2 aromatic carbocycles. The van der Waals surface area contributed by atoms with Gasteiger partial charge in [0.2, 0.25) is 11.6 Å². The highest BCUT2D eigenvalue weighted by Crippen LogP contribution is 2.31. The van der Waals surface area contributed by atoms with Gasteiger partial charge in [-0.15, -0.1) is 0 Å². The Morgan fingerprint density at radius 2 is 1.43 bits per heavy atom. The fourth-order valence-electron chi connectivity index (χ4n) is 2.57. The standard InChI is InChI=1S/C19H16O2/c1-12(2)14-9-7-13(8-10-14)11-17-15-5-3-4-6-16(15)18(20)19(17)21/h3-12H,1-2H3/b17-11+. The predicted octanol–water partition coefficient (Wildman–Crippen LogP) is 4.12. The van der Waals surface area contributed by atoms with Gasteiger partial charge in [-0.2, -0.15) is 0 Å². The molecular weight excluding hydrogens is 260 g/mol. The van der Waals surface area contributed by atoms with Gasteiger partial charge in [0.05, 0.1) is 0 Å². The third-order valence-electron chi connectivity index (χ3n) is 3.83. The fraction of sp³-hybridized carbons (Fsp3) is 0.158. The number of allylic oxidation sites excluding steroid dienone is 1. The lowest BCUT2D eigenvalue weighted by atomic mass is 9.99. The number of carbonyl (C=O) groups excluding carboxylic acids is 2. The van der Waals surface area contributed by atoms with Crippen LogP contribution in [0.4, 0.5) is 0 Å². The van der Waals surface area contributed by atoms with E-state index in [4.69, 9.17) is 0 Å². The van der Waals surface area contributed by atoms with Crippen LogP contribution in [0.25, 0.3) is 11.6 Å². The summed E-state index contributed by atoms with van der Waals surface area (Å²) >= 11 is 0. The van der Waals surface area contributed by atoms with Gasteiger partial charge in [-0.3, -0.25) is 9.59 Å². The molecule has 21 heavy (non-hydrogen) atoms. The Morgan fingerprint density at radius 3 is 2.05 bits per heavy atom. The lowest BCUT2D eigenvalue weighted by molar-refractivity contribution is -0.109. The van der Waals surface area contributed by atoms with Crippen LogP contribution in [-0.4, -0.2) is 11.6 Å². The zero-order valence-corrected chi connectivity index (χ0v) is 12.1. The molecule has 1 aliphatic carbocycles. The van der Waals surface area contributed by atoms with Crippen LogP contribution in [0.2, 0.25) is 0 Å². The summed E-state index contributed by atoms with van der Waals surface area (Å²) < 4.78 is 0.